The smallest absolute Gasteiger partial charge is 0.0614 e. The molecule has 1 heteroatoms. The van der Waals surface area contributed by atoms with Crippen molar-refractivity contribution < 1.29 is 5.11 Å². The molecule has 0 heterocycles. The molecule has 1 aromatic rings. The van der Waals surface area contributed by atoms with Crippen molar-refractivity contribution in [3.63, 3.8) is 0 Å². The quantitative estimate of drug-likeness (QED) is 0.877. The second kappa shape index (κ2) is 5.43. The topological polar surface area (TPSA) is 20.2 Å². The van der Waals surface area contributed by atoms with Crippen LogP contribution in [-0.4, -0.2) is 11.2 Å². The molecule has 1 N–H and O–H groups in total. The van der Waals surface area contributed by atoms with Gasteiger partial charge in [-0.15, -0.1) is 0 Å². The van der Waals surface area contributed by atoms with Crippen molar-refractivity contribution in [1.82, 2.24) is 0 Å². The first-order valence-corrected chi connectivity index (χ1v) is 8.98. The van der Waals surface area contributed by atoms with Crippen molar-refractivity contribution in [3.05, 3.63) is 35.4 Å². The number of benzene rings is 1. The Morgan fingerprint density at radius 2 is 1.43 bits per heavy atom. The minimum Gasteiger partial charge on any atom is -0.392 e. The van der Waals surface area contributed by atoms with Crippen LogP contribution in [0.3, 0.4) is 0 Å². The fourth-order valence-corrected chi connectivity index (χ4v) is 5.88. The Morgan fingerprint density at radius 1 is 0.905 bits per heavy atom. The molecule has 0 saturated heterocycles. The molecule has 4 saturated carbocycles. The van der Waals surface area contributed by atoms with Crippen LogP contribution in [0.25, 0.3) is 0 Å². The van der Waals surface area contributed by atoms with Crippen molar-refractivity contribution in [1.29, 1.82) is 0 Å². The number of aliphatic hydroxyl groups is 1. The molecular formula is C20H28O. The van der Waals surface area contributed by atoms with Crippen LogP contribution in [0.5, 0.6) is 0 Å². The highest BCUT2D eigenvalue weighted by Crippen LogP contribution is 2.57. The summed E-state index contributed by atoms with van der Waals surface area (Å²) in [6.45, 7) is 2.19. The highest BCUT2D eigenvalue weighted by Gasteiger charge is 2.50. The van der Waals surface area contributed by atoms with Gasteiger partial charge in [-0.25, -0.2) is 0 Å². The van der Waals surface area contributed by atoms with E-state index in [1.807, 2.05) is 0 Å². The summed E-state index contributed by atoms with van der Waals surface area (Å²) in [6.07, 6.45) is 8.96. The van der Waals surface area contributed by atoms with Gasteiger partial charge in [0.2, 0.25) is 0 Å². The van der Waals surface area contributed by atoms with Crippen LogP contribution in [0, 0.1) is 29.6 Å². The second-order valence-electron chi connectivity index (χ2n) is 7.95. The molecule has 1 nitrogen and oxygen atoms in total. The first-order chi connectivity index (χ1) is 10.2. The zero-order valence-electron chi connectivity index (χ0n) is 13.2. The zero-order chi connectivity index (χ0) is 14.4. The molecule has 0 radical (unpaired) electrons. The van der Waals surface area contributed by atoms with Crippen LogP contribution >= 0.6 is 0 Å². The molecule has 1 atom stereocenters. The van der Waals surface area contributed by atoms with Gasteiger partial charge >= 0.3 is 0 Å². The number of aryl methyl sites for hydroxylation is 1. The Morgan fingerprint density at radius 3 is 1.95 bits per heavy atom. The summed E-state index contributed by atoms with van der Waals surface area (Å²) in [5, 5.41) is 10.9. The molecule has 0 spiro atoms. The van der Waals surface area contributed by atoms with Crippen molar-refractivity contribution in [2.75, 3.05) is 0 Å². The molecule has 0 aliphatic heterocycles. The summed E-state index contributed by atoms with van der Waals surface area (Å²) in [4.78, 5) is 0. The van der Waals surface area contributed by atoms with Crippen LogP contribution in [-0.2, 0) is 12.8 Å². The second-order valence-corrected chi connectivity index (χ2v) is 7.95. The van der Waals surface area contributed by atoms with E-state index in [0.717, 1.165) is 36.5 Å². The molecule has 21 heavy (non-hydrogen) atoms. The molecule has 1 unspecified atom stereocenters. The van der Waals surface area contributed by atoms with Crippen LogP contribution < -0.4 is 0 Å². The third-order valence-corrected chi connectivity index (χ3v) is 6.62. The Balaban J connectivity index is 1.45. The normalized spacial score (nSPS) is 38.7. The maximum atomic E-state index is 10.9. The molecule has 4 fully saturated rings. The number of rotatable bonds is 4. The Kier molecular flexibility index (Phi) is 3.57. The van der Waals surface area contributed by atoms with Gasteiger partial charge in [-0.1, -0.05) is 31.2 Å². The number of aliphatic hydroxyl groups excluding tert-OH is 1. The van der Waals surface area contributed by atoms with E-state index >= 15 is 0 Å². The van der Waals surface area contributed by atoms with Gasteiger partial charge < -0.3 is 5.11 Å². The summed E-state index contributed by atoms with van der Waals surface area (Å²) < 4.78 is 0. The Hall–Kier alpha value is -0.820. The third kappa shape index (κ3) is 2.54. The monoisotopic (exact) mass is 284 g/mol. The largest absolute Gasteiger partial charge is 0.392 e. The maximum Gasteiger partial charge on any atom is 0.0614 e. The molecule has 4 aliphatic carbocycles. The lowest BCUT2D eigenvalue weighted by Gasteiger charge is -2.55. The molecule has 4 bridgehead atoms. The van der Waals surface area contributed by atoms with Crippen molar-refractivity contribution in [3.8, 4) is 0 Å². The van der Waals surface area contributed by atoms with E-state index in [1.54, 1.807) is 0 Å². The lowest BCUT2D eigenvalue weighted by atomic mass is 9.50. The van der Waals surface area contributed by atoms with E-state index in [-0.39, 0.29) is 6.10 Å². The first-order valence-electron chi connectivity index (χ1n) is 8.98. The van der Waals surface area contributed by atoms with Gasteiger partial charge in [0.1, 0.15) is 0 Å². The van der Waals surface area contributed by atoms with E-state index in [4.69, 9.17) is 0 Å². The SMILES string of the molecule is CCc1ccc(CC(O)C2C3CC4CC(C3)CC2C4)cc1. The van der Waals surface area contributed by atoms with Gasteiger partial charge in [-0.3, -0.25) is 0 Å². The lowest BCUT2D eigenvalue weighted by Crippen LogP contribution is -2.49. The predicted octanol–water partition coefficient (Wildman–Crippen LogP) is 4.22. The Bertz CT molecular complexity index is 461. The van der Waals surface area contributed by atoms with Gasteiger partial charge in [-0.05, 0) is 85.7 Å². The van der Waals surface area contributed by atoms with Crippen molar-refractivity contribution in [2.24, 2.45) is 29.6 Å². The van der Waals surface area contributed by atoms with Crippen LogP contribution in [0.15, 0.2) is 24.3 Å². The highest BCUT2D eigenvalue weighted by atomic mass is 16.3. The van der Waals surface area contributed by atoms with Gasteiger partial charge in [0.15, 0.2) is 0 Å². The summed E-state index contributed by atoms with van der Waals surface area (Å²) in [6, 6.07) is 8.88. The van der Waals surface area contributed by atoms with E-state index in [2.05, 4.69) is 31.2 Å². The van der Waals surface area contributed by atoms with Gasteiger partial charge in [-0.2, -0.15) is 0 Å². The molecular weight excluding hydrogens is 256 g/mol. The first kappa shape index (κ1) is 13.8. The van der Waals surface area contributed by atoms with Crippen molar-refractivity contribution in [2.45, 2.75) is 58.0 Å². The van der Waals surface area contributed by atoms with Crippen molar-refractivity contribution >= 4 is 0 Å². The molecule has 114 valence electrons. The fourth-order valence-electron chi connectivity index (χ4n) is 5.88. The zero-order valence-corrected chi connectivity index (χ0v) is 13.2. The van der Waals surface area contributed by atoms with Crippen LogP contribution in [0.2, 0.25) is 0 Å². The predicted molar refractivity (Wildman–Crippen MR) is 86.1 cm³/mol. The minimum atomic E-state index is -0.118. The Labute approximate surface area is 128 Å². The summed E-state index contributed by atoms with van der Waals surface area (Å²) >= 11 is 0. The van der Waals surface area contributed by atoms with E-state index in [9.17, 15) is 5.11 Å². The third-order valence-electron chi connectivity index (χ3n) is 6.62. The van der Waals surface area contributed by atoms with Gasteiger partial charge in [0.25, 0.3) is 0 Å². The average Bonchev–Trinajstić information content (AvgIpc) is 2.47. The number of hydrogen-bond donors (Lipinski definition) is 1. The van der Waals surface area contributed by atoms with Gasteiger partial charge in [0.05, 0.1) is 6.10 Å². The molecule has 0 aromatic heterocycles. The minimum absolute atomic E-state index is 0.118. The van der Waals surface area contributed by atoms with E-state index in [1.165, 1.54) is 43.2 Å². The maximum absolute atomic E-state index is 10.9. The highest BCUT2D eigenvalue weighted by molar-refractivity contribution is 5.23. The van der Waals surface area contributed by atoms with Gasteiger partial charge in [0, 0.05) is 0 Å². The fraction of sp³-hybridized carbons (Fsp3) is 0.700. The van der Waals surface area contributed by atoms with Crippen LogP contribution in [0.1, 0.15) is 50.2 Å². The summed E-state index contributed by atoms with van der Waals surface area (Å²) in [5.74, 6) is 4.24. The molecule has 4 aliphatic rings. The molecule has 0 amide bonds. The molecule has 1 aromatic carbocycles. The number of hydrogen-bond acceptors (Lipinski definition) is 1. The van der Waals surface area contributed by atoms with Crippen LogP contribution in [0.4, 0.5) is 0 Å². The standard InChI is InChI=1S/C20H28O/c1-2-13-3-5-14(6-4-13)12-19(21)20-17-8-15-7-16(10-17)11-18(20)9-15/h3-6,15-21H,2,7-12H2,1H3. The average molecular weight is 284 g/mol. The lowest BCUT2D eigenvalue weighted by molar-refractivity contribution is -0.0887. The van der Waals surface area contributed by atoms with E-state index in [0.29, 0.717) is 5.92 Å². The summed E-state index contributed by atoms with van der Waals surface area (Å²) in [7, 11) is 0. The molecule has 5 rings (SSSR count). The summed E-state index contributed by atoms with van der Waals surface area (Å²) in [5.41, 5.74) is 2.70. The van der Waals surface area contributed by atoms with E-state index < -0.39 is 0 Å².